The Balaban J connectivity index is 1.63. The summed E-state index contributed by atoms with van der Waals surface area (Å²) >= 11 is 0. The molecule has 0 atom stereocenters. The molecule has 148 valence electrons. The van der Waals surface area contributed by atoms with E-state index in [1.54, 1.807) is 24.3 Å². The number of hydrogen-bond donors (Lipinski definition) is 2. The lowest BCUT2D eigenvalue weighted by atomic mass is 10.1. The highest BCUT2D eigenvalue weighted by Gasteiger charge is 2.12. The number of anilines is 1. The molecule has 0 saturated carbocycles. The first-order chi connectivity index (χ1) is 13.9. The molecule has 0 spiro atoms. The lowest BCUT2D eigenvalue weighted by Crippen LogP contribution is -2.33. The molecule has 5 heteroatoms. The summed E-state index contributed by atoms with van der Waals surface area (Å²) in [5.74, 6) is 0.612. The number of hydrogen-bond acceptors (Lipinski definition) is 3. The van der Waals surface area contributed by atoms with Crippen LogP contribution in [0.5, 0.6) is 11.5 Å². The molecule has 0 aliphatic carbocycles. The van der Waals surface area contributed by atoms with E-state index in [-0.39, 0.29) is 18.4 Å². The van der Waals surface area contributed by atoms with E-state index in [4.69, 9.17) is 4.74 Å². The number of carbonyl (C=O) groups excluding carboxylic acids is 2. The van der Waals surface area contributed by atoms with Gasteiger partial charge in [0.15, 0.2) is 5.75 Å². The molecular formula is C24H24N2O3. The van der Waals surface area contributed by atoms with Gasteiger partial charge in [-0.3, -0.25) is 9.59 Å². The van der Waals surface area contributed by atoms with Gasteiger partial charge in [0, 0.05) is 5.56 Å². The maximum atomic E-state index is 12.4. The zero-order valence-corrected chi connectivity index (χ0v) is 16.8. The van der Waals surface area contributed by atoms with Crippen LogP contribution in [0.2, 0.25) is 0 Å². The Kier molecular flexibility index (Phi) is 6.29. The van der Waals surface area contributed by atoms with Crippen LogP contribution in [-0.2, 0) is 4.79 Å². The van der Waals surface area contributed by atoms with E-state index in [2.05, 4.69) is 10.6 Å². The van der Waals surface area contributed by atoms with Crippen LogP contribution >= 0.6 is 0 Å². The Bertz CT molecular complexity index is 1020. The molecule has 2 N–H and O–H groups in total. The number of amides is 2. The molecule has 0 aromatic heterocycles. The van der Waals surface area contributed by atoms with Crippen LogP contribution in [-0.4, -0.2) is 18.4 Å². The van der Waals surface area contributed by atoms with Crippen molar-refractivity contribution in [3.05, 3.63) is 89.0 Å². The maximum Gasteiger partial charge on any atom is 0.251 e. The van der Waals surface area contributed by atoms with Gasteiger partial charge in [-0.05, 0) is 62.7 Å². The maximum absolute atomic E-state index is 12.4. The molecule has 0 fully saturated rings. The standard InChI is InChI=1S/C24H24N2O3/c1-16-7-6-8-20(14-16)29-22-10-5-4-9-21(22)26-23(27)15-25-24(28)19-12-17(2)11-18(3)13-19/h4-14H,15H2,1-3H3,(H,25,28)(H,26,27). The first-order valence-electron chi connectivity index (χ1n) is 9.40. The fraction of sp³-hybridized carbons (Fsp3) is 0.167. The number of nitrogens with one attached hydrogen (secondary N) is 2. The summed E-state index contributed by atoms with van der Waals surface area (Å²) in [5, 5.41) is 5.45. The summed E-state index contributed by atoms with van der Waals surface area (Å²) in [5.41, 5.74) is 4.17. The summed E-state index contributed by atoms with van der Waals surface area (Å²) < 4.78 is 5.91. The molecule has 3 aromatic rings. The van der Waals surface area contributed by atoms with E-state index < -0.39 is 0 Å². The minimum atomic E-state index is -0.331. The Hall–Kier alpha value is -3.60. The molecule has 0 heterocycles. The van der Waals surface area contributed by atoms with Crippen LogP contribution in [0, 0.1) is 20.8 Å². The normalized spacial score (nSPS) is 10.3. The third-order valence-corrected chi connectivity index (χ3v) is 4.27. The number of para-hydroxylation sites is 2. The average Bonchev–Trinajstić information content (AvgIpc) is 2.67. The van der Waals surface area contributed by atoms with Crippen molar-refractivity contribution in [3.63, 3.8) is 0 Å². The highest BCUT2D eigenvalue weighted by Crippen LogP contribution is 2.29. The molecule has 0 saturated heterocycles. The fourth-order valence-electron chi connectivity index (χ4n) is 3.03. The minimum absolute atomic E-state index is 0.134. The predicted octanol–water partition coefficient (Wildman–Crippen LogP) is 4.77. The van der Waals surface area contributed by atoms with Gasteiger partial charge in [-0.15, -0.1) is 0 Å². The quantitative estimate of drug-likeness (QED) is 0.639. The van der Waals surface area contributed by atoms with Crippen molar-refractivity contribution in [2.45, 2.75) is 20.8 Å². The Labute approximate surface area is 170 Å². The van der Waals surface area contributed by atoms with Gasteiger partial charge in [0.05, 0.1) is 12.2 Å². The van der Waals surface area contributed by atoms with Crippen LogP contribution < -0.4 is 15.4 Å². The topological polar surface area (TPSA) is 67.4 Å². The van der Waals surface area contributed by atoms with Gasteiger partial charge in [0.1, 0.15) is 5.75 Å². The predicted molar refractivity (Wildman–Crippen MR) is 115 cm³/mol. The van der Waals surface area contributed by atoms with Crippen LogP contribution in [0.4, 0.5) is 5.69 Å². The highest BCUT2D eigenvalue weighted by atomic mass is 16.5. The smallest absolute Gasteiger partial charge is 0.251 e. The van der Waals surface area contributed by atoms with Crippen molar-refractivity contribution in [1.82, 2.24) is 5.32 Å². The SMILES string of the molecule is Cc1cccc(Oc2ccccc2NC(=O)CNC(=O)c2cc(C)cc(C)c2)c1. The second-order valence-electron chi connectivity index (χ2n) is 7.02. The van der Waals surface area contributed by atoms with Gasteiger partial charge in [-0.2, -0.15) is 0 Å². The largest absolute Gasteiger partial charge is 0.455 e. The lowest BCUT2D eigenvalue weighted by molar-refractivity contribution is -0.115. The van der Waals surface area contributed by atoms with Crippen LogP contribution in [0.1, 0.15) is 27.0 Å². The lowest BCUT2D eigenvalue weighted by Gasteiger charge is -2.13. The van der Waals surface area contributed by atoms with Crippen LogP contribution in [0.3, 0.4) is 0 Å². The number of benzene rings is 3. The molecule has 29 heavy (non-hydrogen) atoms. The summed E-state index contributed by atoms with van der Waals surface area (Å²) in [4.78, 5) is 24.7. The summed E-state index contributed by atoms with van der Waals surface area (Å²) in [6.45, 7) is 5.72. The molecule has 2 amide bonds. The summed E-state index contributed by atoms with van der Waals surface area (Å²) in [6, 6.07) is 20.5. The second-order valence-corrected chi connectivity index (χ2v) is 7.02. The van der Waals surface area contributed by atoms with Crippen molar-refractivity contribution >= 4 is 17.5 Å². The third kappa shape index (κ3) is 5.69. The van der Waals surface area contributed by atoms with Gasteiger partial charge in [-0.25, -0.2) is 0 Å². The van der Waals surface area contributed by atoms with E-state index in [1.165, 1.54) is 0 Å². The van der Waals surface area contributed by atoms with Gasteiger partial charge < -0.3 is 15.4 Å². The molecular weight excluding hydrogens is 364 g/mol. The van der Waals surface area contributed by atoms with Gasteiger partial charge in [-0.1, -0.05) is 41.5 Å². The molecule has 0 bridgehead atoms. The van der Waals surface area contributed by atoms with E-state index in [0.29, 0.717) is 22.7 Å². The Morgan fingerprint density at radius 2 is 1.55 bits per heavy atom. The summed E-state index contributed by atoms with van der Waals surface area (Å²) in [6.07, 6.45) is 0. The first kappa shape index (κ1) is 20.1. The number of carbonyl (C=O) groups is 2. The van der Waals surface area contributed by atoms with Gasteiger partial charge in [0.2, 0.25) is 5.91 Å². The zero-order valence-electron chi connectivity index (χ0n) is 16.8. The van der Waals surface area contributed by atoms with E-state index in [9.17, 15) is 9.59 Å². The van der Waals surface area contributed by atoms with E-state index >= 15 is 0 Å². The zero-order chi connectivity index (χ0) is 20.8. The Morgan fingerprint density at radius 3 is 2.28 bits per heavy atom. The first-order valence-corrected chi connectivity index (χ1v) is 9.40. The monoisotopic (exact) mass is 388 g/mol. The van der Waals surface area contributed by atoms with Crippen molar-refractivity contribution in [1.29, 1.82) is 0 Å². The summed E-state index contributed by atoms with van der Waals surface area (Å²) in [7, 11) is 0. The third-order valence-electron chi connectivity index (χ3n) is 4.27. The minimum Gasteiger partial charge on any atom is -0.455 e. The average molecular weight is 388 g/mol. The fourth-order valence-corrected chi connectivity index (χ4v) is 3.03. The number of rotatable bonds is 6. The molecule has 0 aliphatic heterocycles. The molecule has 0 aliphatic rings. The molecule has 0 radical (unpaired) electrons. The van der Waals surface area contributed by atoms with Gasteiger partial charge in [0.25, 0.3) is 5.91 Å². The number of ether oxygens (including phenoxy) is 1. The molecule has 3 rings (SSSR count). The van der Waals surface area contributed by atoms with E-state index in [1.807, 2.05) is 63.2 Å². The number of aryl methyl sites for hydroxylation is 3. The molecule has 3 aromatic carbocycles. The van der Waals surface area contributed by atoms with Crippen molar-refractivity contribution < 1.29 is 14.3 Å². The van der Waals surface area contributed by atoms with Crippen molar-refractivity contribution in [2.75, 3.05) is 11.9 Å². The van der Waals surface area contributed by atoms with E-state index in [0.717, 1.165) is 16.7 Å². The highest BCUT2D eigenvalue weighted by molar-refractivity contribution is 6.00. The Morgan fingerprint density at radius 1 is 0.828 bits per heavy atom. The molecule has 5 nitrogen and oxygen atoms in total. The molecule has 0 unspecified atom stereocenters. The van der Waals surface area contributed by atoms with Crippen LogP contribution in [0.25, 0.3) is 0 Å². The van der Waals surface area contributed by atoms with Gasteiger partial charge >= 0.3 is 0 Å². The van der Waals surface area contributed by atoms with Crippen molar-refractivity contribution in [3.8, 4) is 11.5 Å². The van der Waals surface area contributed by atoms with Crippen molar-refractivity contribution in [2.24, 2.45) is 0 Å². The van der Waals surface area contributed by atoms with Crippen LogP contribution in [0.15, 0.2) is 66.7 Å². The second kappa shape index (κ2) is 9.06.